The highest BCUT2D eigenvalue weighted by Gasteiger charge is 2.24. The third-order valence-corrected chi connectivity index (χ3v) is 3.78. The van der Waals surface area contributed by atoms with Crippen LogP contribution in [0.2, 0.25) is 0 Å². The van der Waals surface area contributed by atoms with Gasteiger partial charge in [0.1, 0.15) is 0 Å². The molecule has 0 saturated heterocycles. The Bertz CT molecular complexity index is 154. The molecule has 0 aromatic carbocycles. The lowest BCUT2D eigenvalue weighted by Crippen LogP contribution is -2.47. The molecule has 2 N–H and O–H groups in total. The van der Waals surface area contributed by atoms with Crippen LogP contribution >= 0.6 is 11.8 Å². The number of thioether (sulfide) groups is 1. The summed E-state index contributed by atoms with van der Waals surface area (Å²) in [6, 6.07) is 0.920. The zero-order chi connectivity index (χ0) is 10.4. The van der Waals surface area contributed by atoms with Gasteiger partial charge in [-0.25, -0.2) is 0 Å². The van der Waals surface area contributed by atoms with Gasteiger partial charge in [0.2, 0.25) is 0 Å². The summed E-state index contributed by atoms with van der Waals surface area (Å²) in [5.41, 5.74) is 0. The quantitative estimate of drug-likeness (QED) is 0.739. The Morgan fingerprint density at radius 1 is 1.43 bits per heavy atom. The van der Waals surface area contributed by atoms with E-state index in [9.17, 15) is 5.11 Å². The van der Waals surface area contributed by atoms with Gasteiger partial charge in [0.25, 0.3) is 0 Å². The van der Waals surface area contributed by atoms with Crippen molar-refractivity contribution in [3.8, 4) is 0 Å². The van der Waals surface area contributed by atoms with Gasteiger partial charge >= 0.3 is 0 Å². The molecular formula is C11H23NOS. The summed E-state index contributed by atoms with van der Waals surface area (Å²) in [5, 5.41) is 13.4. The molecule has 3 atom stereocenters. The molecular weight excluding hydrogens is 194 g/mol. The van der Waals surface area contributed by atoms with Gasteiger partial charge in [-0.3, -0.25) is 0 Å². The molecule has 1 saturated carbocycles. The van der Waals surface area contributed by atoms with Crippen LogP contribution in [0.3, 0.4) is 0 Å². The van der Waals surface area contributed by atoms with Crippen LogP contribution in [0.15, 0.2) is 0 Å². The Morgan fingerprint density at radius 3 is 2.71 bits per heavy atom. The van der Waals surface area contributed by atoms with E-state index in [0.717, 1.165) is 25.0 Å². The number of hydrogen-bond donors (Lipinski definition) is 2. The van der Waals surface area contributed by atoms with Crippen molar-refractivity contribution < 1.29 is 5.11 Å². The van der Waals surface area contributed by atoms with Crippen molar-refractivity contribution in [2.45, 2.75) is 57.2 Å². The molecule has 14 heavy (non-hydrogen) atoms. The highest BCUT2D eigenvalue weighted by atomic mass is 32.2. The van der Waals surface area contributed by atoms with Crippen LogP contribution in [0.1, 0.15) is 39.0 Å². The van der Waals surface area contributed by atoms with Crippen molar-refractivity contribution in [1.29, 1.82) is 0 Å². The summed E-state index contributed by atoms with van der Waals surface area (Å²) in [7, 11) is 0. The number of rotatable bonds is 5. The largest absolute Gasteiger partial charge is 0.392 e. The maximum absolute atomic E-state index is 9.81. The van der Waals surface area contributed by atoms with E-state index in [4.69, 9.17) is 0 Å². The number of nitrogens with one attached hydrogen (secondary N) is 1. The first-order chi connectivity index (χ1) is 6.77. The lowest BCUT2D eigenvalue weighted by atomic mass is 9.92. The molecule has 0 bridgehead atoms. The predicted octanol–water partition coefficient (Wildman–Crippen LogP) is 2.02. The van der Waals surface area contributed by atoms with Crippen molar-refractivity contribution >= 4 is 11.8 Å². The average Bonchev–Trinajstić information content (AvgIpc) is 2.20. The summed E-state index contributed by atoms with van der Waals surface area (Å²) in [5.74, 6) is 1.15. The SMILES string of the molecule is CCC(CSC)N[C@@H]1CCCC[C@H]1O. The molecule has 0 spiro atoms. The standard InChI is InChI=1S/C11H23NOS/c1-3-9(8-14-2)12-10-6-4-5-7-11(10)13/h9-13H,3-8H2,1-2H3/t9?,10-,11-/m1/s1. The molecule has 84 valence electrons. The Hall–Kier alpha value is 0.270. The second-order valence-corrected chi connectivity index (χ2v) is 5.10. The molecule has 0 aliphatic heterocycles. The minimum absolute atomic E-state index is 0.111. The molecule has 0 radical (unpaired) electrons. The van der Waals surface area contributed by atoms with Gasteiger partial charge in [-0.15, -0.1) is 0 Å². The van der Waals surface area contributed by atoms with Gasteiger partial charge in [-0.1, -0.05) is 19.8 Å². The van der Waals surface area contributed by atoms with Gasteiger partial charge in [0.15, 0.2) is 0 Å². The fourth-order valence-electron chi connectivity index (χ4n) is 2.09. The van der Waals surface area contributed by atoms with Crippen LogP contribution in [-0.2, 0) is 0 Å². The minimum atomic E-state index is -0.111. The zero-order valence-corrected chi connectivity index (χ0v) is 10.1. The Balaban J connectivity index is 2.31. The van der Waals surface area contributed by atoms with Gasteiger partial charge < -0.3 is 10.4 Å². The van der Waals surface area contributed by atoms with Crippen LogP contribution < -0.4 is 5.32 Å². The highest BCUT2D eigenvalue weighted by Crippen LogP contribution is 2.19. The van der Waals surface area contributed by atoms with Gasteiger partial charge in [-0.05, 0) is 25.5 Å². The van der Waals surface area contributed by atoms with E-state index in [0.29, 0.717) is 12.1 Å². The van der Waals surface area contributed by atoms with Crippen molar-refractivity contribution in [2.24, 2.45) is 0 Å². The van der Waals surface area contributed by atoms with Crippen molar-refractivity contribution in [3.05, 3.63) is 0 Å². The predicted molar refractivity (Wildman–Crippen MR) is 63.9 cm³/mol. The Labute approximate surface area is 91.9 Å². The molecule has 2 nitrogen and oxygen atoms in total. The summed E-state index contributed by atoms with van der Waals surface area (Å²) in [4.78, 5) is 0. The molecule has 1 rings (SSSR count). The fraction of sp³-hybridized carbons (Fsp3) is 1.00. The van der Waals surface area contributed by atoms with Gasteiger partial charge in [0, 0.05) is 17.8 Å². The van der Waals surface area contributed by atoms with Crippen LogP contribution in [0.5, 0.6) is 0 Å². The lowest BCUT2D eigenvalue weighted by molar-refractivity contribution is 0.0860. The molecule has 3 heteroatoms. The van der Waals surface area contributed by atoms with E-state index < -0.39 is 0 Å². The summed E-state index contributed by atoms with van der Waals surface area (Å²) in [6.07, 6.45) is 7.77. The monoisotopic (exact) mass is 217 g/mol. The van der Waals surface area contributed by atoms with E-state index in [1.54, 1.807) is 0 Å². The molecule has 1 aliphatic rings. The first-order valence-electron chi connectivity index (χ1n) is 5.71. The van der Waals surface area contributed by atoms with E-state index in [-0.39, 0.29) is 6.10 Å². The van der Waals surface area contributed by atoms with Crippen LogP contribution in [0, 0.1) is 0 Å². The number of hydrogen-bond acceptors (Lipinski definition) is 3. The average molecular weight is 217 g/mol. The van der Waals surface area contributed by atoms with E-state index in [2.05, 4.69) is 18.5 Å². The third-order valence-electron chi connectivity index (χ3n) is 3.04. The second kappa shape index (κ2) is 6.70. The van der Waals surface area contributed by atoms with E-state index in [1.165, 1.54) is 12.8 Å². The van der Waals surface area contributed by atoms with E-state index in [1.807, 2.05) is 11.8 Å². The summed E-state index contributed by atoms with van der Waals surface area (Å²) >= 11 is 1.88. The Morgan fingerprint density at radius 2 is 2.14 bits per heavy atom. The minimum Gasteiger partial charge on any atom is -0.392 e. The summed E-state index contributed by atoms with van der Waals surface area (Å²) in [6.45, 7) is 2.21. The lowest BCUT2D eigenvalue weighted by Gasteiger charge is -2.31. The summed E-state index contributed by atoms with van der Waals surface area (Å²) < 4.78 is 0. The molecule has 1 fully saturated rings. The van der Waals surface area contributed by atoms with Gasteiger partial charge in [0.05, 0.1) is 6.10 Å². The van der Waals surface area contributed by atoms with E-state index >= 15 is 0 Å². The fourth-order valence-corrected chi connectivity index (χ4v) is 2.83. The first kappa shape index (κ1) is 12.3. The van der Waals surface area contributed by atoms with Crippen LogP contribution in [0.25, 0.3) is 0 Å². The third kappa shape index (κ3) is 3.79. The smallest absolute Gasteiger partial charge is 0.0693 e. The number of aliphatic hydroxyl groups excluding tert-OH is 1. The maximum Gasteiger partial charge on any atom is 0.0693 e. The number of aliphatic hydroxyl groups is 1. The molecule has 0 aromatic heterocycles. The van der Waals surface area contributed by atoms with Crippen molar-refractivity contribution in [2.75, 3.05) is 12.0 Å². The molecule has 0 amide bonds. The van der Waals surface area contributed by atoms with Crippen molar-refractivity contribution in [1.82, 2.24) is 5.32 Å². The molecule has 0 aromatic rings. The molecule has 1 unspecified atom stereocenters. The normalized spacial score (nSPS) is 30.2. The zero-order valence-electron chi connectivity index (χ0n) is 9.33. The van der Waals surface area contributed by atoms with Crippen LogP contribution in [0.4, 0.5) is 0 Å². The topological polar surface area (TPSA) is 32.3 Å². The second-order valence-electron chi connectivity index (χ2n) is 4.19. The maximum atomic E-state index is 9.81. The van der Waals surface area contributed by atoms with Gasteiger partial charge in [-0.2, -0.15) is 11.8 Å². The van der Waals surface area contributed by atoms with Crippen molar-refractivity contribution in [3.63, 3.8) is 0 Å². The molecule has 0 heterocycles. The highest BCUT2D eigenvalue weighted by molar-refractivity contribution is 7.98. The van der Waals surface area contributed by atoms with Crippen LogP contribution in [-0.4, -0.2) is 35.3 Å². The molecule has 1 aliphatic carbocycles. The first-order valence-corrected chi connectivity index (χ1v) is 7.10. The Kier molecular flexibility index (Phi) is 5.90.